The molecule has 13 atom stereocenters. The average molecular weight is 1200 g/mol. The highest BCUT2D eigenvalue weighted by Crippen LogP contribution is 2.28. The number of Topliss-reactive ketones (excluding diaryl/α,β-unsaturated/α-hetero) is 1. The van der Waals surface area contributed by atoms with E-state index in [0.29, 0.717) is 37.0 Å². The Hall–Kier alpha value is -6.94. The van der Waals surface area contributed by atoms with Crippen LogP contribution in [-0.2, 0) is 75.2 Å². The second-order valence-corrected chi connectivity index (χ2v) is 24.7. The highest BCUT2D eigenvalue weighted by atomic mass is 16.6. The monoisotopic (exact) mass is 1200 g/mol. The molecule has 476 valence electrons. The van der Waals surface area contributed by atoms with Gasteiger partial charge in [0.25, 0.3) is 5.91 Å². The smallest absolute Gasteiger partial charge is 0.329 e. The third-order valence-corrected chi connectivity index (χ3v) is 16.8. The molecule has 0 radical (unpaired) electrons. The lowest BCUT2D eigenvalue weighted by atomic mass is 9.91. The van der Waals surface area contributed by atoms with Crippen molar-refractivity contribution in [3.05, 3.63) is 65.7 Å². The van der Waals surface area contributed by atoms with Gasteiger partial charge in [0.1, 0.15) is 54.2 Å². The first-order valence-corrected chi connectivity index (χ1v) is 30.6. The minimum absolute atomic E-state index is 0.0861. The number of esters is 2. The molecule has 3 fully saturated rings. The van der Waals surface area contributed by atoms with Gasteiger partial charge in [-0.05, 0) is 106 Å². The summed E-state index contributed by atoms with van der Waals surface area (Å²) in [6.07, 6.45) is -4.40. The van der Waals surface area contributed by atoms with E-state index in [1.54, 1.807) is 58.9 Å². The molecule has 0 unspecified atom stereocenters. The topological polar surface area (TPSA) is 277 Å². The van der Waals surface area contributed by atoms with Crippen molar-refractivity contribution in [2.24, 2.45) is 29.6 Å². The van der Waals surface area contributed by atoms with Crippen molar-refractivity contribution in [3.63, 3.8) is 0 Å². The highest BCUT2D eigenvalue weighted by Gasteiger charge is 2.46. The summed E-state index contributed by atoms with van der Waals surface area (Å²) >= 11 is 0. The molecule has 5 rings (SSSR count). The van der Waals surface area contributed by atoms with E-state index in [4.69, 9.17) is 18.9 Å². The van der Waals surface area contributed by atoms with E-state index in [1.165, 1.54) is 54.7 Å². The number of fused-ring (bicyclic) bond motifs is 1. The Balaban J connectivity index is 1.58. The second-order valence-electron chi connectivity index (χ2n) is 24.7. The SMILES string of the molecule is CC[C@H](C)[C@@H]1NC(=O)[C@@H](NC(=O)[C@@H](CC(C)C)N(C)C(=O)[C@H]2CCCN2C(=O)[C@H](C)OCc2ccccc2)[C@@H](C)OC(=O)[C@H](Cc2ccc(OC)cc2)N(C)C(=O)[C@@H]2CCCN2C(=O)[C@H](CC(C)C)NC(=O)[C@@H](C)C(=O)[C@H](C(C)C)OC(=O)C[C@@H]1O. The van der Waals surface area contributed by atoms with Crippen molar-refractivity contribution in [3.8, 4) is 5.75 Å². The van der Waals surface area contributed by atoms with Crippen LogP contribution in [0.4, 0.5) is 0 Å². The van der Waals surface area contributed by atoms with Crippen molar-refractivity contribution in [1.29, 1.82) is 0 Å². The Labute approximate surface area is 507 Å². The number of likely N-dealkylation sites (tertiary alicyclic amines) is 1. The molecule has 0 saturated carbocycles. The van der Waals surface area contributed by atoms with E-state index in [0.717, 1.165) is 5.56 Å². The molecule has 2 aromatic rings. The van der Waals surface area contributed by atoms with Crippen molar-refractivity contribution >= 4 is 59.1 Å². The number of aliphatic hydroxyl groups excluding tert-OH is 1. The molecule has 3 aliphatic rings. The molecule has 2 aromatic carbocycles. The number of cyclic esters (lactones) is 2. The molecular formula is C64H95N7O15. The Morgan fingerprint density at radius 3 is 2.07 bits per heavy atom. The van der Waals surface area contributed by atoms with Crippen LogP contribution in [0.2, 0.25) is 0 Å². The second kappa shape index (κ2) is 32.2. The van der Waals surface area contributed by atoms with Crippen LogP contribution in [0.1, 0.15) is 139 Å². The van der Waals surface area contributed by atoms with E-state index in [2.05, 4.69) is 16.0 Å². The van der Waals surface area contributed by atoms with Gasteiger partial charge in [-0.1, -0.05) is 104 Å². The molecule has 0 bridgehead atoms. The number of likely N-dealkylation sites (N-methyl/N-ethyl adjacent to an activating group) is 2. The third kappa shape index (κ3) is 18.3. The number of nitrogens with one attached hydrogen (secondary N) is 3. The summed E-state index contributed by atoms with van der Waals surface area (Å²) in [7, 11) is 4.36. The van der Waals surface area contributed by atoms with Crippen molar-refractivity contribution in [2.45, 2.75) is 207 Å². The molecule has 3 aliphatic heterocycles. The molecule has 7 amide bonds. The zero-order valence-corrected chi connectivity index (χ0v) is 52.9. The number of rotatable bonds is 18. The van der Waals surface area contributed by atoms with Gasteiger partial charge in [-0.3, -0.25) is 43.2 Å². The normalized spacial score (nSPS) is 26.3. The summed E-state index contributed by atoms with van der Waals surface area (Å²) in [6, 6.07) is 7.26. The Morgan fingerprint density at radius 1 is 0.814 bits per heavy atom. The Kier molecular flexibility index (Phi) is 26.1. The van der Waals surface area contributed by atoms with Crippen LogP contribution in [0.25, 0.3) is 0 Å². The summed E-state index contributed by atoms with van der Waals surface area (Å²) in [5.41, 5.74) is 1.44. The first kappa shape index (κ1) is 69.8. The summed E-state index contributed by atoms with van der Waals surface area (Å²) < 4.78 is 23.3. The average Bonchev–Trinajstić information content (AvgIpc) is 2.79. The number of carbonyl (C=O) groups excluding carboxylic acids is 10. The van der Waals surface area contributed by atoms with Gasteiger partial charge >= 0.3 is 11.9 Å². The lowest BCUT2D eigenvalue weighted by Gasteiger charge is -2.36. The highest BCUT2D eigenvalue weighted by molar-refractivity contribution is 6.05. The Morgan fingerprint density at radius 2 is 1.47 bits per heavy atom. The number of methoxy groups -OCH3 is 1. The van der Waals surface area contributed by atoms with E-state index in [1.807, 2.05) is 58.0 Å². The summed E-state index contributed by atoms with van der Waals surface area (Å²) in [5, 5.41) is 20.3. The van der Waals surface area contributed by atoms with E-state index < -0.39 is 150 Å². The fraction of sp³-hybridized carbons (Fsp3) is 0.656. The predicted octanol–water partition coefficient (Wildman–Crippen LogP) is 4.54. The van der Waals surface area contributed by atoms with E-state index >= 15 is 14.4 Å². The van der Waals surface area contributed by atoms with Crippen LogP contribution in [0.15, 0.2) is 54.6 Å². The van der Waals surface area contributed by atoms with Crippen LogP contribution in [0, 0.1) is 29.6 Å². The van der Waals surface area contributed by atoms with Crippen LogP contribution in [0.3, 0.4) is 0 Å². The lowest BCUT2D eigenvalue weighted by Crippen LogP contribution is -2.62. The number of hydrogen-bond acceptors (Lipinski definition) is 15. The molecular weight excluding hydrogens is 1110 g/mol. The molecule has 0 aliphatic carbocycles. The van der Waals surface area contributed by atoms with Gasteiger partial charge in [-0.25, -0.2) is 4.79 Å². The van der Waals surface area contributed by atoms with Gasteiger partial charge in [-0.2, -0.15) is 0 Å². The quantitative estimate of drug-likeness (QED) is 0.118. The van der Waals surface area contributed by atoms with Gasteiger partial charge in [-0.15, -0.1) is 0 Å². The minimum atomic E-state index is -1.76. The van der Waals surface area contributed by atoms with Crippen molar-refractivity contribution < 1.29 is 72.0 Å². The number of ketones is 1. The van der Waals surface area contributed by atoms with Crippen LogP contribution in [-0.4, -0.2) is 185 Å². The number of aliphatic hydroxyl groups is 1. The third-order valence-electron chi connectivity index (χ3n) is 16.8. The first-order valence-electron chi connectivity index (χ1n) is 30.6. The molecule has 22 nitrogen and oxygen atoms in total. The number of nitrogens with zero attached hydrogens (tertiary/aromatic N) is 4. The van der Waals surface area contributed by atoms with E-state index in [-0.39, 0.29) is 57.2 Å². The zero-order valence-electron chi connectivity index (χ0n) is 52.9. The maximum atomic E-state index is 15.2. The number of carbonyl (C=O) groups is 10. The minimum Gasteiger partial charge on any atom is -0.497 e. The van der Waals surface area contributed by atoms with Gasteiger partial charge in [0.2, 0.25) is 35.4 Å². The number of amides is 7. The molecule has 86 heavy (non-hydrogen) atoms. The number of ether oxygens (including phenoxy) is 4. The van der Waals surface area contributed by atoms with E-state index in [9.17, 15) is 38.7 Å². The standard InChI is InChI=1S/C64H95N7O15/c1-15-39(8)53-51(72)34-52(73)86-56(38(6)7)55(74)40(9)57(75)65-46(31-36(2)3)61(79)71-30-20-24-48(71)63(81)69(13)50(33-43-25-27-45(83-14)28-26-43)64(82)85-41(10)54(59(77)66-53)67-58(76)49(32-37(4)5)68(12)62(80)47-23-19-29-70(47)60(78)42(11)84-35-44-21-17-16-18-22-44/h16-18,21-22,25-28,36-42,46-51,53-54,56,72H,15,19-20,23-24,29-35H2,1-14H3,(H,65,75)(H,66,77)(H,67,76)/t39-,40-,41+,42-,46-,47+,48-,49+,50-,51-,53-,54-,56-/m0/s1. The maximum Gasteiger partial charge on any atom is 0.329 e. The summed E-state index contributed by atoms with van der Waals surface area (Å²) in [6.45, 7) is 19.1. The molecule has 4 N–H and O–H groups in total. The first-order chi connectivity index (χ1) is 40.6. The number of hydrogen-bond donors (Lipinski definition) is 4. The molecule has 3 heterocycles. The van der Waals surface area contributed by atoms with Gasteiger partial charge in [0.15, 0.2) is 11.9 Å². The Bertz CT molecular complexity index is 2670. The van der Waals surface area contributed by atoms with Gasteiger partial charge in [0, 0.05) is 33.6 Å². The lowest BCUT2D eigenvalue weighted by molar-refractivity contribution is -0.163. The molecule has 0 aromatic heterocycles. The van der Waals surface area contributed by atoms with Crippen LogP contribution < -0.4 is 20.7 Å². The fourth-order valence-corrected chi connectivity index (χ4v) is 11.4. The number of benzene rings is 2. The molecule has 0 spiro atoms. The zero-order chi connectivity index (χ0) is 63.9. The molecule has 22 heteroatoms. The van der Waals surface area contributed by atoms with Crippen LogP contribution >= 0.6 is 0 Å². The van der Waals surface area contributed by atoms with Crippen molar-refractivity contribution in [2.75, 3.05) is 34.3 Å². The van der Waals surface area contributed by atoms with Crippen LogP contribution in [0.5, 0.6) is 5.75 Å². The van der Waals surface area contributed by atoms with Crippen molar-refractivity contribution in [1.82, 2.24) is 35.6 Å². The fourth-order valence-electron chi connectivity index (χ4n) is 11.4. The maximum absolute atomic E-state index is 15.2. The largest absolute Gasteiger partial charge is 0.497 e. The summed E-state index contributed by atoms with van der Waals surface area (Å²) in [5.74, 6) is -9.89. The predicted molar refractivity (Wildman–Crippen MR) is 319 cm³/mol. The molecule has 3 saturated heterocycles. The summed E-state index contributed by atoms with van der Waals surface area (Å²) in [4.78, 5) is 151. The van der Waals surface area contributed by atoms with Gasteiger partial charge in [0.05, 0.1) is 38.2 Å². The van der Waals surface area contributed by atoms with Gasteiger partial charge < -0.3 is 59.6 Å².